The highest BCUT2D eigenvalue weighted by molar-refractivity contribution is 7.18. The topological polar surface area (TPSA) is 72.1 Å². The largest absolute Gasteiger partial charge is 0.425 e. The van der Waals surface area contributed by atoms with Crippen molar-refractivity contribution in [1.82, 2.24) is 15.2 Å². The number of aromatic nitrogens is 3. The van der Waals surface area contributed by atoms with Gasteiger partial charge in [0.2, 0.25) is 17.7 Å². The van der Waals surface area contributed by atoms with Crippen molar-refractivity contribution in [2.45, 2.75) is 64.2 Å². The summed E-state index contributed by atoms with van der Waals surface area (Å²) in [5, 5.41) is 9.34. The maximum Gasteiger partial charge on any atom is 0.227 e. The molecule has 0 bridgehead atoms. The Hall–Kier alpha value is -3.39. The van der Waals surface area contributed by atoms with Gasteiger partial charge in [0, 0.05) is 37.4 Å². The average molecular weight is 519 g/mol. The van der Waals surface area contributed by atoms with Gasteiger partial charge in [0.05, 0.1) is 21.1 Å². The highest BCUT2D eigenvalue weighted by Crippen LogP contribution is 2.39. The second kappa shape index (κ2) is 11.3. The van der Waals surface area contributed by atoms with Gasteiger partial charge in [-0.2, -0.15) is 0 Å². The zero-order valence-electron chi connectivity index (χ0n) is 21.1. The SMILES string of the molecule is C=C(F)CCC(=O)N(CCCCCc1nnc(C2CC2)o1)c1cccc(-c2ccc3nc(C)sc3c2)c1. The first-order chi connectivity index (χ1) is 18.0. The van der Waals surface area contributed by atoms with Gasteiger partial charge in [-0.1, -0.05) is 31.2 Å². The fraction of sp³-hybridized carbons (Fsp3) is 0.379. The molecule has 0 saturated heterocycles. The van der Waals surface area contributed by atoms with E-state index in [1.807, 2.05) is 37.3 Å². The molecule has 2 aromatic heterocycles. The van der Waals surface area contributed by atoms with Crippen LogP contribution in [0.4, 0.5) is 10.1 Å². The number of rotatable bonds is 12. The molecule has 1 aliphatic rings. The third-order valence-corrected chi connectivity index (χ3v) is 7.51. The Morgan fingerprint density at radius 1 is 1.11 bits per heavy atom. The number of hydrogen-bond donors (Lipinski definition) is 0. The van der Waals surface area contributed by atoms with Gasteiger partial charge in [-0.3, -0.25) is 4.79 Å². The Bertz CT molecular complexity index is 1410. The van der Waals surface area contributed by atoms with Crippen LogP contribution >= 0.6 is 11.3 Å². The van der Waals surface area contributed by atoms with Crippen LogP contribution in [0.3, 0.4) is 0 Å². The summed E-state index contributed by atoms with van der Waals surface area (Å²) in [5.74, 6) is 1.35. The number of halogens is 1. The molecule has 1 amide bonds. The predicted octanol–water partition coefficient (Wildman–Crippen LogP) is 7.54. The first-order valence-electron chi connectivity index (χ1n) is 12.9. The van der Waals surface area contributed by atoms with Crippen LogP contribution in [0.2, 0.25) is 0 Å². The number of nitrogens with zero attached hydrogens (tertiary/aromatic N) is 4. The molecule has 0 aliphatic heterocycles. The Kier molecular flexibility index (Phi) is 7.74. The maximum atomic E-state index is 13.3. The van der Waals surface area contributed by atoms with E-state index in [1.54, 1.807) is 16.2 Å². The summed E-state index contributed by atoms with van der Waals surface area (Å²) in [5.41, 5.74) is 3.92. The van der Waals surface area contributed by atoms with Crippen LogP contribution in [-0.4, -0.2) is 27.6 Å². The molecule has 5 rings (SSSR count). The highest BCUT2D eigenvalue weighted by Gasteiger charge is 2.29. The van der Waals surface area contributed by atoms with Crippen LogP contribution in [0, 0.1) is 6.92 Å². The third-order valence-electron chi connectivity index (χ3n) is 6.58. The van der Waals surface area contributed by atoms with E-state index in [0.717, 1.165) is 76.5 Å². The van der Waals surface area contributed by atoms with E-state index in [-0.39, 0.29) is 18.7 Å². The molecule has 1 aliphatic carbocycles. The number of carbonyl (C=O) groups excluding carboxylic acids is 1. The molecule has 2 heterocycles. The molecule has 0 N–H and O–H groups in total. The monoisotopic (exact) mass is 518 g/mol. The minimum absolute atomic E-state index is 0.0386. The number of allylic oxidation sites excluding steroid dienone is 1. The summed E-state index contributed by atoms with van der Waals surface area (Å²) in [4.78, 5) is 19.4. The Labute approximate surface area is 220 Å². The zero-order chi connectivity index (χ0) is 25.8. The zero-order valence-corrected chi connectivity index (χ0v) is 21.9. The number of unbranched alkanes of at least 4 members (excludes halogenated alkanes) is 2. The van der Waals surface area contributed by atoms with E-state index < -0.39 is 5.83 Å². The molecule has 6 nitrogen and oxygen atoms in total. The van der Waals surface area contributed by atoms with E-state index >= 15 is 0 Å². The second-order valence-corrected chi connectivity index (χ2v) is 10.9. The number of anilines is 1. The van der Waals surface area contributed by atoms with Crippen LogP contribution in [0.1, 0.15) is 67.7 Å². The molecule has 1 fully saturated rings. The van der Waals surface area contributed by atoms with Gasteiger partial charge in [-0.15, -0.1) is 21.5 Å². The lowest BCUT2D eigenvalue weighted by molar-refractivity contribution is -0.118. The van der Waals surface area contributed by atoms with E-state index in [1.165, 1.54) is 0 Å². The van der Waals surface area contributed by atoms with Crippen molar-refractivity contribution in [3.05, 3.63) is 71.7 Å². The van der Waals surface area contributed by atoms with Crippen LogP contribution < -0.4 is 4.90 Å². The van der Waals surface area contributed by atoms with Crippen molar-refractivity contribution < 1.29 is 13.6 Å². The van der Waals surface area contributed by atoms with Crippen molar-refractivity contribution in [2.24, 2.45) is 0 Å². The smallest absolute Gasteiger partial charge is 0.227 e. The summed E-state index contributed by atoms with van der Waals surface area (Å²) in [6, 6.07) is 14.2. The summed E-state index contributed by atoms with van der Waals surface area (Å²) < 4.78 is 20.2. The van der Waals surface area contributed by atoms with E-state index in [0.29, 0.717) is 18.4 Å². The van der Waals surface area contributed by atoms with Crippen molar-refractivity contribution >= 4 is 33.1 Å². The number of carbonyl (C=O) groups is 1. The lowest BCUT2D eigenvalue weighted by Gasteiger charge is -2.23. The molecule has 8 heteroatoms. The molecule has 0 unspecified atom stereocenters. The Morgan fingerprint density at radius 2 is 1.95 bits per heavy atom. The third kappa shape index (κ3) is 6.49. The first kappa shape index (κ1) is 25.3. The lowest BCUT2D eigenvalue weighted by Crippen LogP contribution is -2.31. The van der Waals surface area contributed by atoms with Crippen LogP contribution in [0.5, 0.6) is 0 Å². The fourth-order valence-electron chi connectivity index (χ4n) is 4.43. The summed E-state index contributed by atoms with van der Waals surface area (Å²) in [6.45, 7) is 5.88. The van der Waals surface area contributed by atoms with Gasteiger partial charge < -0.3 is 9.32 Å². The standard InChI is InChI=1S/C29H31FN4O2S/c1-19(30)10-15-28(35)34(16-5-3-4-9-27-32-33-29(36-27)21-11-12-21)24-8-6-7-22(17-24)23-13-14-25-26(18-23)37-20(2)31-25/h6-8,13-14,17-18,21H,1,3-5,9-12,15-16H2,2H3. The predicted molar refractivity (Wildman–Crippen MR) is 145 cm³/mol. The normalized spacial score (nSPS) is 13.2. The van der Waals surface area contributed by atoms with Crippen molar-refractivity contribution in [1.29, 1.82) is 0 Å². The number of hydrogen-bond acceptors (Lipinski definition) is 6. The molecule has 4 aromatic rings. The maximum absolute atomic E-state index is 13.3. The van der Waals surface area contributed by atoms with Gasteiger partial charge in [0.25, 0.3) is 0 Å². The first-order valence-corrected chi connectivity index (χ1v) is 13.7. The summed E-state index contributed by atoms with van der Waals surface area (Å²) in [7, 11) is 0. The van der Waals surface area contributed by atoms with Gasteiger partial charge in [-0.05, 0) is 68.0 Å². The summed E-state index contributed by atoms with van der Waals surface area (Å²) >= 11 is 1.67. The van der Waals surface area contributed by atoms with Gasteiger partial charge in [-0.25, -0.2) is 9.37 Å². The van der Waals surface area contributed by atoms with E-state index in [4.69, 9.17) is 4.42 Å². The highest BCUT2D eigenvalue weighted by atomic mass is 32.1. The van der Waals surface area contributed by atoms with Crippen molar-refractivity contribution in [2.75, 3.05) is 11.4 Å². The average Bonchev–Trinajstić information content (AvgIpc) is 3.51. The molecule has 0 spiro atoms. The quantitative estimate of drug-likeness (QED) is 0.181. The number of amides is 1. The van der Waals surface area contributed by atoms with Crippen LogP contribution in [-0.2, 0) is 11.2 Å². The number of aryl methyl sites for hydroxylation is 2. The molecule has 0 radical (unpaired) electrons. The van der Waals surface area contributed by atoms with Gasteiger partial charge in [0.1, 0.15) is 0 Å². The van der Waals surface area contributed by atoms with Crippen LogP contribution in [0.15, 0.2) is 59.3 Å². The van der Waals surface area contributed by atoms with Gasteiger partial charge >= 0.3 is 0 Å². The van der Waals surface area contributed by atoms with Crippen LogP contribution in [0.25, 0.3) is 21.3 Å². The minimum atomic E-state index is -0.472. The number of fused-ring (bicyclic) bond motifs is 1. The Morgan fingerprint density at radius 3 is 2.76 bits per heavy atom. The molecular weight excluding hydrogens is 487 g/mol. The number of benzene rings is 2. The van der Waals surface area contributed by atoms with E-state index in [9.17, 15) is 9.18 Å². The molecule has 1 saturated carbocycles. The van der Waals surface area contributed by atoms with Crippen molar-refractivity contribution in [3.8, 4) is 11.1 Å². The summed E-state index contributed by atoms with van der Waals surface area (Å²) in [6.07, 6.45) is 5.80. The molecule has 2 aromatic carbocycles. The minimum Gasteiger partial charge on any atom is -0.425 e. The van der Waals surface area contributed by atoms with Crippen molar-refractivity contribution in [3.63, 3.8) is 0 Å². The molecular formula is C29H31FN4O2S. The molecule has 192 valence electrons. The molecule has 0 atom stereocenters. The number of thiazole rings is 1. The fourth-order valence-corrected chi connectivity index (χ4v) is 5.30. The Balaban J connectivity index is 1.25. The van der Waals surface area contributed by atoms with E-state index in [2.05, 4.69) is 33.9 Å². The molecule has 37 heavy (non-hydrogen) atoms. The lowest BCUT2D eigenvalue weighted by atomic mass is 10.0. The van der Waals surface area contributed by atoms with Gasteiger partial charge in [0.15, 0.2) is 0 Å². The second-order valence-electron chi connectivity index (χ2n) is 9.65.